The Morgan fingerprint density at radius 2 is 0.778 bits per heavy atom. The van der Waals surface area contributed by atoms with Gasteiger partial charge in [-0.05, 0) is 96.3 Å². The standard InChI is InChI=1S/C72H123NO8/c1-3-5-7-9-11-13-15-17-19-21-23-24-25-26-27-28-29-30-31-32-33-34-35-36-37-38-39-40-41-42-44-46-48-50-52-54-56-58-60-62-68(76)73-65(64-80-72-71(79)70(78)69(77)67(63-74)81-72)66(75)61-59-57-55-53-51-49-47-45-43-22-20-18-16-14-12-10-8-6-4-2/h5,7,11,13,17,19,23-24,26-27,29-30,32-33,35-36,51,53,59,61,65-67,69-72,74-75,77-79H,3-4,6,8-10,12,14-16,18,20-22,25,28,31,34,37-50,52,54-58,60,62-64H2,1-2H3,(H,73,76)/b7-5-,13-11-,19-17-,24-23-,27-26-,30-29-,33-32-,36-35-,53-51+,61-59+. The van der Waals surface area contributed by atoms with E-state index >= 15 is 0 Å². The molecule has 0 aliphatic carbocycles. The second-order valence-corrected chi connectivity index (χ2v) is 22.5. The van der Waals surface area contributed by atoms with Crippen LogP contribution in [0.2, 0.25) is 0 Å². The first-order valence-electron chi connectivity index (χ1n) is 33.3. The molecule has 0 spiro atoms. The van der Waals surface area contributed by atoms with Crippen LogP contribution >= 0.6 is 0 Å². The number of ether oxygens (including phenoxy) is 2. The average Bonchev–Trinajstić information content (AvgIpc) is 3.48. The van der Waals surface area contributed by atoms with Crippen molar-refractivity contribution in [1.82, 2.24) is 5.32 Å². The third kappa shape index (κ3) is 48.6. The highest BCUT2D eigenvalue weighted by atomic mass is 16.7. The number of allylic oxidation sites excluding steroid dienone is 19. The monoisotopic (exact) mass is 1130 g/mol. The Hall–Kier alpha value is -3.41. The predicted molar refractivity (Wildman–Crippen MR) is 345 cm³/mol. The molecule has 0 aromatic carbocycles. The Kier molecular flexibility index (Phi) is 55.8. The molecular formula is C72H123NO8. The van der Waals surface area contributed by atoms with E-state index in [0.29, 0.717) is 6.42 Å². The summed E-state index contributed by atoms with van der Waals surface area (Å²) in [5, 5.41) is 54.6. The highest BCUT2D eigenvalue weighted by Crippen LogP contribution is 2.23. The molecule has 0 bridgehead atoms. The van der Waals surface area contributed by atoms with Crippen LogP contribution in [0.15, 0.2) is 122 Å². The van der Waals surface area contributed by atoms with Gasteiger partial charge in [0.25, 0.3) is 0 Å². The van der Waals surface area contributed by atoms with Crippen LogP contribution in [0.25, 0.3) is 0 Å². The highest BCUT2D eigenvalue weighted by Gasteiger charge is 2.44. The molecule has 7 unspecified atom stereocenters. The van der Waals surface area contributed by atoms with Crippen molar-refractivity contribution in [2.75, 3.05) is 13.2 Å². The maximum atomic E-state index is 13.1. The number of carbonyl (C=O) groups excluding carboxylic acids is 1. The number of aliphatic hydroxyl groups excluding tert-OH is 5. The summed E-state index contributed by atoms with van der Waals surface area (Å²) in [6, 6.07) is -0.829. The normalized spacial score (nSPS) is 19.2. The summed E-state index contributed by atoms with van der Waals surface area (Å²) in [4.78, 5) is 13.1. The molecule has 1 aliphatic rings. The van der Waals surface area contributed by atoms with Crippen molar-refractivity contribution >= 4 is 5.91 Å². The van der Waals surface area contributed by atoms with Crippen LogP contribution in [0.5, 0.6) is 0 Å². The van der Waals surface area contributed by atoms with E-state index in [-0.39, 0.29) is 12.5 Å². The van der Waals surface area contributed by atoms with E-state index in [1.807, 2.05) is 6.08 Å². The molecule has 1 fully saturated rings. The lowest BCUT2D eigenvalue weighted by Crippen LogP contribution is -2.60. The predicted octanol–water partition coefficient (Wildman–Crippen LogP) is 17.9. The van der Waals surface area contributed by atoms with Crippen molar-refractivity contribution < 1.29 is 39.8 Å². The van der Waals surface area contributed by atoms with E-state index in [1.165, 1.54) is 161 Å². The van der Waals surface area contributed by atoms with Crippen molar-refractivity contribution in [3.8, 4) is 0 Å². The Morgan fingerprint density at radius 1 is 0.432 bits per heavy atom. The zero-order valence-corrected chi connectivity index (χ0v) is 51.7. The first-order valence-corrected chi connectivity index (χ1v) is 33.3. The van der Waals surface area contributed by atoms with Crippen LogP contribution in [0.1, 0.15) is 271 Å². The third-order valence-corrected chi connectivity index (χ3v) is 15.0. The molecule has 1 aliphatic heterocycles. The summed E-state index contributed by atoms with van der Waals surface area (Å²) in [7, 11) is 0. The fraction of sp³-hybridized carbons (Fsp3) is 0.708. The van der Waals surface area contributed by atoms with E-state index in [4.69, 9.17) is 9.47 Å². The summed E-state index contributed by atoms with van der Waals surface area (Å²) in [6.07, 6.45) is 82.9. The van der Waals surface area contributed by atoms with Crippen molar-refractivity contribution in [2.45, 2.75) is 314 Å². The number of rotatable bonds is 56. The minimum atomic E-state index is -1.58. The minimum Gasteiger partial charge on any atom is -0.394 e. The van der Waals surface area contributed by atoms with E-state index in [0.717, 1.165) is 89.9 Å². The number of aliphatic hydroxyl groups is 5. The first kappa shape index (κ1) is 75.6. The van der Waals surface area contributed by atoms with Gasteiger partial charge in [0.15, 0.2) is 6.29 Å². The molecule has 1 amide bonds. The van der Waals surface area contributed by atoms with Crippen molar-refractivity contribution in [3.63, 3.8) is 0 Å². The van der Waals surface area contributed by atoms with Gasteiger partial charge in [0.1, 0.15) is 24.4 Å². The second kappa shape index (κ2) is 59.7. The van der Waals surface area contributed by atoms with Crippen LogP contribution in [0.4, 0.5) is 0 Å². The van der Waals surface area contributed by atoms with Crippen molar-refractivity contribution in [1.29, 1.82) is 0 Å². The molecule has 1 heterocycles. The molecule has 0 aromatic heterocycles. The van der Waals surface area contributed by atoms with Gasteiger partial charge in [-0.2, -0.15) is 0 Å². The van der Waals surface area contributed by atoms with Crippen molar-refractivity contribution in [3.05, 3.63) is 122 Å². The number of hydrogen-bond acceptors (Lipinski definition) is 8. The number of nitrogens with one attached hydrogen (secondary N) is 1. The summed E-state index contributed by atoms with van der Waals surface area (Å²) in [5.41, 5.74) is 0. The number of carbonyl (C=O) groups is 1. The Labute approximate surface area is 497 Å². The molecule has 9 heteroatoms. The third-order valence-electron chi connectivity index (χ3n) is 15.0. The van der Waals surface area contributed by atoms with E-state index in [9.17, 15) is 30.3 Å². The van der Waals surface area contributed by atoms with Crippen molar-refractivity contribution in [2.24, 2.45) is 0 Å². The van der Waals surface area contributed by atoms with Crippen LogP contribution in [0.3, 0.4) is 0 Å². The fourth-order valence-corrected chi connectivity index (χ4v) is 9.84. The fourth-order valence-electron chi connectivity index (χ4n) is 9.84. The van der Waals surface area contributed by atoms with Gasteiger partial charge in [0, 0.05) is 6.42 Å². The summed E-state index contributed by atoms with van der Waals surface area (Å²) in [6.45, 7) is 3.66. The van der Waals surface area contributed by atoms with Crippen LogP contribution in [-0.2, 0) is 14.3 Å². The molecule has 464 valence electrons. The molecule has 0 radical (unpaired) electrons. The van der Waals surface area contributed by atoms with Gasteiger partial charge in [0.2, 0.25) is 5.91 Å². The Balaban J connectivity index is 2.14. The topological polar surface area (TPSA) is 149 Å². The van der Waals surface area contributed by atoms with Gasteiger partial charge in [-0.25, -0.2) is 0 Å². The minimum absolute atomic E-state index is 0.190. The average molecular weight is 1130 g/mol. The highest BCUT2D eigenvalue weighted by molar-refractivity contribution is 5.76. The van der Waals surface area contributed by atoms with Gasteiger partial charge in [-0.15, -0.1) is 0 Å². The van der Waals surface area contributed by atoms with E-state index in [1.54, 1.807) is 6.08 Å². The lowest BCUT2D eigenvalue weighted by molar-refractivity contribution is -0.302. The zero-order valence-electron chi connectivity index (χ0n) is 51.7. The zero-order chi connectivity index (χ0) is 58.6. The second-order valence-electron chi connectivity index (χ2n) is 22.5. The van der Waals surface area contributed by atoms with Crippen LogP contribution in [0, 0.1) is 0 Å². The number of hydrogen-bond donors (Lipinski definition) is 6. The Bertz CT molecular complexity index is 1690. The van der Waals surface area contributed by atoms with Gasteiger partial charge < -0.3 is 40.3 Å². The maximum Gasteiger partial charge on any atom is 0.220 e. The number of unbranched alkanes of at least 4 members (excludes halogenated alkanes) is 28. The summed E-state index contributed by atoms with van der Waals surface area (Å²) in [5.74, 6) is -0.190. The molecule has 1 saturated heterocycles. The summed E-state index contributed by atoms with van der Waals surface area (Å²) >= 11 is 0. The van der Waals surface area contributed by atoms with E-state index < -0.39 is 49.5 Å². The van der Waals surface area contributed by atoms with Gasteiger partial charge in [-0.3, -0.25) is 4.79 Å². The maximum absolute atomic E-state index is 13.1. The summed E-state index contributed by atoms with van der Waals surface area (Å²) < 4.78 is 11.3. The molecule has 0 saturated carbocycles. The lowest BCUT2D eigenvalue weighted by Gasteiger charge is -2.40. The lowest BCUT2D eigenvalue weighted by atomic mass is 9.99. The molecule has 1 rings (SSSR count). The van der Waals surface area contributed by atoms with Crippen LogP contribution < -0.4 is 5.32 Å². The first-order chi connectivity index (χ1) is 39.8. The van der Waals surface area contributed by atoms with Gasteiger partial charge >= 0.3 is 0 Å². The van der Waals surface area contributed by atoms with Gasteiger partial charge in [0.05, 0.1) is 25.4 Å². The molecule has 9 nitrogen and oxygen atoms in total. The SMILES string of the molecule is CC/C=C\C/C=C\C/C=C\C/C=C\C/C=C\C/C=C\C/C=C\C/C=C\CCCCCCCCCCCCCCCCC(=O)NC(COC1OC(CO)C(O)C(O)C1O)C(O)/C=C/CC/C=C/CCCCCCCCCCCCCCC. The molecular weight excluding hydrogens is 1010 g/mol. The smallest absolute Gasteiger partial charge is 0.220 e. The quantitative estimate of drug-likeness (QED) is 0.0261. The molecule has 7 atom stereocenters. The largest absolute Gasteiger partial charge is 0.394 e. The Morgan fingerprint density at radius 3 is 1.19 bits per heavy atom. The molecule has 81 heavy (non-hydrogen) atoms. The molecule has 0 aromatic rings. The van der Waals surface area contributed by atoms with Crippen LogP contribution in [-0.4, -0.2) is 87.5 Å². The number of amides is 1. The van der Waals surface area contributed by atoms with E-state index in [2.05, 4.69) is 129 Å². The van der Waals surface area contributed by atoms with Gasteiger partial charge in [-0.1, -0.05) is 289 Å². The molecule has 6 N–H and O–H groups in total.